The quantitative estimate of drug-likeness (QED) is 0.345. The molecule has 0 aliphatic rings. The van der Waals surface area contributed by atoms with Crippen LogP contribution in [0.5, 0.6) is 5.75 Å². The molecule has 0 spiro atoms. The number of Topliss-reactive ketones (excluding diaryl/α,β-unsaturated/α-hetero) is 1. The fourth-order valence-electron chi connectivity index (χ4n) is 2.45. The van der Waals surface area contributed by atoms with Gasteiger partial charge < -0.3 is 21.3 Å². The molecule has 6 heteroatoms. The van der Waals surface area contributed by atoms with E-state index in [4.69, 9.17) is 16.2 Å². The second kappa shape index (κ2) is 8.64. The van der Waals surface area contributed by atoms with Crippen LogP contribution in [0.1, 0.15) is 54.9 Å². The molecule has 0 amide bonds. The lowest BCUT2D eigenvalue weighted by atomic mass is 9.84. The molecule has 0 aliphatic carbocycles. The fourth-order valence-corrected chi connectivity index (χ4v) is 2.45. The van der Waals surface area contributed by atoms with Crippen molar-refractivity contribution in [1.82, 2.24) is 0 Å². The molecule has 0 aromatic heterocycles. The molecule has 1 aromatic rings. The first-order valence-corrected chi connectivity index (χ1v) is 7.84. The second-order valence-electron chi connectivity index (χ2n) is 5.66. The van der Waals surface area contributed by atoms with Gasteiger partial charge in [0.1, 0.15) is 5.75 Å². The van der Waals surface area contributed by atoms with Gasteiger partial charge in [-0.15, -0.1) is 0 Å². The standard InChI is InChI=1S/C17H26N2O4/c1-3-4-5-6-9-17(19,16(21)22)15(20)13-10-12(11-18)7-8-14(13)23-2/h7-8,10H,3-6,9,11,18-19H2,1-2H3,(H,21,22). The number of benzene rings is 1. The van der Waals surface area contributed by atoms with Crippen molar-refractivity contribution >= 4 is 11.8 Å². The summed E-state index contributed by atoms with van der Waals surface area (Å²) < 4.78 is 5.17. The summed E-state index contributed by atoms with van der Waals surface area (Å²) in [6.45, 7) is 2.30. The van der Waals surface area contributed by atoms with Crippen LogP contribution in [-0.4, -0.2) is 29.5 Å². The molecule has 6 nitrogen and oxygen atoms in total. The summed E-state index contributed by atoms with van der Waals surface area (Å²) in [7, 11) is 1.43. The molecule has 0 heterocycles. The maximum atomic E-state index is 12.8. The summed E-state index contributed by atoms with van der Waals surface area (Å²) in [5.74, 6) is -1.66. The first-order chi connectivity index (χ1) is 10.9. The number of hydrogen-bond acceptors (Lipinski definition) is 5. The Bertz CT molecular complexity index is 560. The van der Waals surface area contributed by atoms with Crippen LogP contribution >= 0.6 is 0 Å². The van der Waals surface area contributed by atoms with Crippen LogP contribution in [0.4, 0.5) is 0 Å². The maximum Gasteiger partial charge on any atom is 0.331 e. The van der Waals surface area contributed by atoms with E-state index in [2.05, 4.69) is 6.92 Å². The summed E-state index contributed by atoms with van der Waals surface area (Å²) in [6.07, 6.45) is 3.52. The lowest BCUT2D eigenvalue weighted by Gasteiger charge is -2.24. The third-order valence-corrected chi connectivity index (χ3v) is 3.96. The smallest absolute Gasteiger partial charge is 0.331 e. The van der Waals surface area contributed by atoms with Crippen LogP contribution in [0, 0.1) is 0 Å². The topological polar surface area (TPSA) is 116 Å². The number of aliphatic carboxylic acids is 1. The van der Waals surface area contributed by atoms with Crippen LogP contribution in [0.3, 0.4) is 0 Å². The van der Waals surface area contributed by atoms with Crippen LogP contribution in [0.25, 0.3) is 0 Å². The number of ketones is 1. The van der Waals surface area contributed by atoms with Gasteiger partial charge >= 0.3 is 5.97 Å². The van der Waals surface area contributed by atoms with Crippen molar-refractivity contribution in [2.24, 2.45) is 11.5 Å². The van der Waals surface area contributed by atoms with Gasteiger partial charge in [-0.1, -0.05) is 38.7 Å². The van der Waals surface area contributed by atoms with Crippen LogP contribution in [0.2, 0.25) is 0 Å². The predicted octanol–water partition coefficient (Wildman–Crippen LogP) is 2.09. The molecule has 128 valence electrons. The zero-order valence-electron chi connectivity index (χ0n) is 13.8. The van der Waals surface area contributed by atoms with E-state index in [1.807, 2.05) is 0 Å². The molecule has 1 aromatic carbocycles. The highest BCUT2D eigenvalue weighted by atomic mass is 16.5. The molecule has 0 radical (unpaired) electrons. The molecule has 0 bridgehead atoms. The van der Waals surface area contributed by atoms with E-state index in [0.717, 1.165) is 19.3 Å². The average molecular weight is 322 g/mol. The van der Waals surface area contributed by atoms with Gasteiger partial charge in [-0.05, 0) is 24.1 Å². The van der Waals surface area contributed by atoms with Gasteiger partial charge in [0.05, 0.1) is 12.7 Å². The number of carboxylic acid groups (broad SMARTS) is 1. The summed E-state index contributed by atoms with van der Waals surface area (Å²) >= 11 is 0. The zero-order chi connectivity index (χ0) is 17.5. The Balaban J connectivity index is 3.12. The van der Waals surface area contributed by atoms with Crippen LogP contribution < -0.4 is 16.2 Å². The highest BCUT2D eigenvalue weighted by Crippen LogP contribution is 2.27. The molecule has 0 aliphatic heterocycles. The highest BCUT2D eigenvalue weighted by molar-refractivity contribution is 6.17. The normalized spacial score (nSPS) is 13.4. The fraction of sp³-hybridized carbons (Fsp3) is 0.529. The average Bonchev–Trinajstić information content (AvgIpc) is 2.56. The zero-order valence-corrected chi connectivity index (χ0v) is 13.8. The first kappa shape index (κ1) is 19.1. The molecule has 0 saturated heterocycles. The molecular weight excluding hydrogens is 296 g/mol. The van der Waals surface area contributed by atoms with Gasteiger partial charge in [0.25, 0.3) is 0 Å². The van der Waals surface area contributed by atoms with Crippen molar-refractivity contribution in [2.75, 3.05) is 7.11 Å². The number of ether oxygens (including phenoxy) is 1. The Kier molecular flexibility index (Phi) is 7.19. The van der Waals surface area contributed by atoms with Crippen molar-refractivity contribution in [2.45, 2.75) is 51.1 Å². The highest BCUT2D eigenvalue weighted by Gasteiger charge is 2.43. The number of rotatable bonds is 10. The molecule has 1 unspecified atom stereocenters. The Morgan fingerprint density at radius 3 is 2.48 bits per heavy atom. The number of unbranched alkanes of at least 4 members (excludes halogenated alkanes) is 3. The van der Waals surface area contributed by atoms with Crippen molar-refractivity contribution < 1.29 is 19.4 Å². The van der Waals surface area contributed by atoms with Crippen molar-refractivity contribution in [3.05, 3.63) is 29.3 Å². The second-order valence-corrected chi connectivity index (χ2v) is 5.66. The third-order valence-electron chi connectivity index (χ3n) is 3.96. The largest absolute Gasteiger partial charge is 0.496 e. The number of carbonyl (C=O) groups excluding carboxylic acids is 1. The minimum Gasteiger partial charge on any atom is -0.496 e. The Morgan fingerprint density at radius 1 is 1.26 bits per heavy atom. The SMILES string of the molecule is CCCCCCC(N)(C(=O)O)C(=O)c1cc(CN)ccc1OC. The summed E-state index contributed by atoms with van der Waals surface area (Å²) in [6, 6.07) is 4.89. The summed E-state index contributed by atoms with van der Waals surface area (Å²) in [4.78, 5) is 24.4. The van der Waals surface area contributed by atoms with Gasteiger partial charge in [-0.25, -0.2) is 4.79 Å². The molecule has 5 N–H and O–H groups in total. The summed E-state index contributed by atoms with van der Waals surface area (Å²) in [5, 5.41) is 9.50. The predicted molar refractivity (Wildman–Crippen MR) is 88.5 cm³/mol. The number of carbonyl (C=O) groups is 2. The Labute approximate surface area is 136 Å². The molecule has 23 heavy (non-hydrogen) atoms. The van der Waals surface area contributed by atoms with E-state index in [9.17, 15) is 14.7 Å². The molecule has 0 fully saturated rings. The third kappa shape index (κ3) is 4.53. The van der Waals surface area contributed by atoms with E-state index in [1.54, 1.807) is 18.2 Å². The Morgan fingerprint density at radius 2 is 1.96 bits per heavy atom. The first-order valence-electron chi connectivity index (χ1n) is 7.84. The van der Waals surface area contributed by atoms with Crippen LogP contribution in [0.15, 0.2) is 18.2 Å². The number of hydrogen-bond donors (Lipinski definition) is 3. The van der Waals surface area contributed by atoms with Gasteiger partial charge in [-0.3, -0.25) is 4.79 Å². The van der Waals surface area contributed by atoms with Gasteiger partial charge in [-0.2, -0.15) is 0 Å². The lowest BCUT2D eigenvalue weighted by molar-refractivity contribution is -0.141. The Hall–Kier alpha value is -1.92. The maximum absolute atomic E-state index is 12.8. The number of nitrogens with two attached hydrogens (primary N) is 2. The summed E-state index contributed by atoms with van der Waals surface area (Å²) in [5.41, 5.74) is 10.5. The number of methoxy groups -OCH3 is 1. The van der Waals surface area contributed by atoms with Gasteiger partial charge in [0.15, 0.2) is 11.3 Å². The molecule has 1 atom stereocenters. The van der Waals surface area contributed by atoms with E-state index < -0.39 is 17.3 Å². The minimum atomic E-state index is -1.95. The van der Waals surface area contributed by atoms with Crippen LogP contribution in [-0.2, 0) is 11.3 Å². The van der Waals surface area contributed by atoms with Crippen molar-refractivity contribution in [3.63, 3.8) is 0 Å². The van der Waals surface area contributed by atoms with E-state index in [0.29, 0.717) is 17.7 Å². The molecular formula is C17H26N2O4. The minimum absolute atomic E-state index is 0.0944. The lowest BCUT2D eigenvalue weighted by Crippen LogP contribution is -2.55. The van der Waals surface area contributed by atoms with E-state index in [1.165, 1.54) is 7.11 Å². The monoisotopic (exact) mass is 322 g/mol. The van der Waals surface area contributed by atoms with E-state index >= 15 is 0 Å². The van der Waals surface area contributed by atoms with Gasteiger partial charge in [0.2, 0.25) is 0 Å². The van der Waals surface area contributed by atoms with Crippen molar-refractivity contribution in [1.29, 1.82) is 0 Å². The molecule has 1 rings (SSSR count). The van der Waals surface area contributed by atoms with E-state index in [-0.39, 0.29) is 18.5 Å². The molecule has 0 saturated carbocycles. The number of carboxylic acids is 1. The van der Waals surface area contributed by atoms with Gasteiger partial charge in [0, 0.05) is 6.54 Å². The van der Waals surface area contributed by atoms with Crippen molar-refractivity contribution in [3.8, 4) is 5.75 Å².